The molecule has 1 heterocycles. The van der Waals surface area contributed by atoms with E-state index in [2.05, 4.69) is 76.6 Å². The normalized spacial score (nSPS) is 12.8. The molecule has 1 aromatic carbocycles. The number of aryl methyl sites for hydroxylation is 1. The fraction of sp³-hybridized carbons (Fsp3) is 0.471. The molecule has 1 aromatic heterocycles. The van der Waals surface area contributed by atoms with E-state index in [0.717, 1.165) is 29.0 Å². The van der Waals surface area contributed by atoms with Crippen LogP contribution in [-0.4, -0.2) is 18.1 Å². The third kappa shape index (κ3) is 5.53. The molecule has 1 N–H and O–H groups in total. The van der Waals surface area contributed by atoms with Crippen LogP contribution in [0.25, 0.3) is 0 Å². The number of benzene rings is 1. The van der Waals surface area contributed by atoms with Crippen LogP contribution in [0.15, 0.2) is 34.1 Å². The van der Waals surface area contributed by atoms with Crippen molar-refractivity contribution < 1.29 is 0 Å². The zero-order valence-electron chi connectivity index (χ0n) is 12.9. The lowest BCUT2D eigenvalue weighted by atomic mass is 9.94. The zero-order chi connectivity index (χ0) is 15.2. The Bertz CT molecular complexity index is 565. The van der Waals surface area contributed by atoms with Crippen molar-refractivity contribution in [3.63, 3.8) is 0 Å². The molecule has 0 saturated heterocycles. The fourth-order valence-corrected chi connectivity index (χ4v) is 3.41. The first-order chi connectivity index (χ1) is 10.0. The van der Waals surface area contributed by atoms with Gasteiger partial charge in [-0.15, -0.1) is 11.3 Å². The zero-order valence-corrected chi connectivity index (χ0v) is 15.3. The Hall–Kier alpha value is -0.710. The minimum Gasteiger partial charge on any atom is -0.316 e. The molecular weight excluding hydrogens is 344 g/mol. The molecule has 21 heavy (non-hydrogen) atoms. The number of nitrogens with zero attached hydrogens (tertiary/aromatic N) is 1. The monoisotopic (exact) mass is 366 g/mol. The van der Waals surface area contributed by atoms with Gasteiger partial charge in [-0.3, -0.25) is 0 Å². The average Bonchev–Trinajstić information content (AvgIpc) is 2.83. The van der Waals surface area contributed by atoms with Crippen molar-refractivity contribution in [2.45, 2.75) is 33.1 Å². The Balaban J connectivity index is 2.09. The third-order valence-corrected chi connectivity index (χ3v) is 4.70. The minimum atomic E-state index is 0.461. The molecule has 0 bridgehead atoms. The second-order valence-electron chi connectivity index (χ2n) is 5.87. The van der Waals surface area contributed by atoms with Crippen molar-refractivity contribution in [3.8, 4) is 0 Å². The van der Waals surface area contributed by atoms with E-state index in [-0.39, 0.29) is 0 Å². The molecule has 0 radical (unpaired) electrons. The molecule has 0 aliphatic rings. The Morgan fingerprint density at radius 2 is 2.10 bits per heavy atom. The lowest BCUT2D eigenvalue weighted by Crippen LogP contribution is -2.26. The van der Waals surface area contributed by atoms with E-state index in [1.165, 1.54) is 11.3 Å². The van der Waals surface area contributed by atoms with E-state index < -0.39 is 0 Å². The van der Waals surface area contributed by atoms with Crippen LogP contribution in [0.2, 0.25) is 0 Å². The molecular formula is C17H23BrN2S. The van der Waals surface area contributed by atoms with Gasteiger partial charge in [0.15, 0.2) is 0 Å². The van der Waals surface area contributed by atoms with Gasteiger partial charge in [0.05, 0.1) is 10.7 Å². The highest BCUT2D eigenvalue weighted by molar-refractivity contribution is 9.10. The van der Waals surface area contributed by atoms with Crippen LogP contribution in [-0.2, 0) is 6.42 Å². The lowest BCUT2D eigenvalue weighted by molar-refractivity contribution is 0.512. The van der Waals surface area contributed by atoms with Gasteiger partial charge in [-0.05, 0) is 43.5 Å². The largest absolute Gasteiger partial charge is 0.316 e. The van der Waals surface area contributed by atoms with E-state index >= 15 is 0 Å². The summed E-state index contributed by atoms with van der Waals surface area (Å²) in [4.78, 5) is 4.62. The van der Waals surface area contributed by atoms with Gasteiger partial charge in [0.2, 0.25) is 0 Å². The van der Waals surface area contributed by atoms with Crippen LogP contribution in [0.4, 0.5) is 0 Å². The molecule has 0 spiro atoms. The van der Waals surface area contributed by atoms with Crippen molar-refractivity contribution in [3.05, 3.63) is 50.4 Å². The average molecular weight is 367 g/mol. The van der Waals surface area contributed by atoms with Crippen molar-refractivity contribution >= 4 is 27.3 Å². The number of nitrogens with one attached hydrogen (secondary N) is 1. The van der Waals surface area contributed by atoms with Crippen molar-refractivity contribution in [2.24, 2.45) is 5.92 Å². The summed E-state index contributed by atoms with van der Waals surface area (Å²) < 4.78 is 1.14. The smallest absolute Gasteiger partial charge is 0.0897 e. The van der Waals surface area contributed by atoms with E-state index in [9.17, 15) is 0 Å². The number of thiazole rings is 1. The summed E-state index contributed by atoms with van der Waals surface area (Å²) in [5, 5.41) is 6.92. The molecule has 114 valence electrons. The van der Waals surface area contributed by atoms with E-state index in [1.807, 2.05) is 0 Å². The highest BCUT2D eigenvalue weighted by Gasteiger charge is 2.14. The summed E-state index contributed by atoms with van der Waals surface area (Å²) in [7, 11) is 0. The van der Waals surface area contributed by atoms with Crippen molar-refractivity contribution in [2.75, 3.05) is 13.1 Å². The quantitative estimate of drug-likeness (QED) is 0.761. The Kier molecular flexibility index (Phi) is 6.40. The van der Waals surface area contributed by atoms with Gasteiger partial charge >= 0.3 is 0 Å². The fourth-order valence-electron chi connectivity index (χ4n) is 2.37. The number of rotatable bonds is 7. The summed E-state index contributed by atoms with van der Waals surface area (Å²) in [6.07, 6.45) is 0.992. The van der Waals surface area contributed by atoms with Gasteiger partial charge < -0.3 is 5.32 Å². The topological polar surface area (TPSA) is 24.9 Å². The summed E-state index contributed by atoms with van der Waals surface area (Å²) in [5.74, 6) is 1.14. The van der Waals surface area contributed by atoms with E-state index in [1.54, 1.807) is 11.3 Å². The van der Waals surface area contributed by atoms with Gasteiger partial charge in [-0.2, -0.15) is 0 Å². The molecule has 2 rings (SSSR count). The van der Waals surface area contributed by atoms with Gasteiger partial charge in [0.25, 0.3) is 0 Å². The maximum Gasteiger partial charge on any atom is 0.0897 e. The molecule has 0 aliphatic carbocycles. The van der Waals surface area contributed by atoms with Crippen LogP contribution in [0, 0.1) is 12.8 Å². The molecule has 2 aromatic rings. The van der Waals surface area contributed by atoms with Crippen LogP contribution < -0.4 is 5.32 Å². The molecule has 4 heteroatoms. The van der Waals surface area contributed by atoms with Crippen LogP contribution >= 0.6 is 27.3 Å². The molecule has 2 nitrogen and oxygen atoms in total. The molecule has 1 unspecified atom stereocenters. The Morgan fingerprint density at radius 1 is 1.29 bits per heavy atom. The maximum absolute atomic E-state index is 4.62. The van der Waals surface area contributed by atoms with Gasteiger partial charge in [-0.25, -0.2) is 4.98 Å². The molecule has 0 saturated carbocycles. The first kappa shape index (κ1) is 16.7. The first-order valence-corrected chi connectivity index (χ1v) is 9.09. The number of aromatic nitrogens is 1. The standard InChI is InChI=1S/C17H23BrN2S/c1-12(2)9-19-10-15(8-17-11-21-13(3)20-17)14-5-4-6-16(18)7-14/h4-7,11-12,15,19H,8-10H2,1-3H3. The molecule has 1 atom stereocenters. The second kappa shape index (κ2) is 8.06. The highest BCUT2D eigenvalue weighted by atomic mass is 79.9. The SMILES string of the molecule is Cc1nc(CC(CNCC(C)C)c2cccc(Br)c2)cs1. The van der Waals surface area contributed by atoms with Crippen molar-refractivity contribution in [1.29, 1.82) is 0 Å². The van der Waals surface area contributed by atoms with Gasteiger partial charge in [0.1, 0.15) is 0 Å². The minimum absolute atomic E-state index is 0.461. The Labute approximate surface area is 140 Å². The van der Waals surface area contributed by atoms with Gasteiger partial charge in [-0.1, -0.05) is 41.9 Å². The predicted molar refractivity (Wildman–Crippen MR) is 95.1 cm³/mol. The number of halogens is 1. The summed E-state index contributed by atoms with van der Waals surface area (Å²) >= 11 is 5.31. The summed E-state index contributed by atoms with van der Waals surface area (Å²) in [5.41, 5.74) is 2.57. The molecule has 0 fully saturated rings. The lowest BCUT2D eigenvalue weighted by Gasteiger charge is -2.18. The molecule has 0 aliphatic heterocycles. The van der Waals surface area contributed by atoms with Crippen LogP contribution in [0.1, 0.15) is 36.0 Å². The van der Waals surface area contributed by atoms with E-state index in [0.29, 0.717) is 11.8 Å². The maximum atomic E-state index is 4.62. The third-order valence-electron chi connectivity index (χ3n) is 3.39. The summed E-state index contributed by atoms with van der Waals surface area (Å²) in [6, 6.07) is 8.63. The van der Waals surface area contributed by atoms with E-state index in [4.69, 9.17) is 0 Å². The predicted octanol–water partition coefficient (Wildman–Crippen LogP) is 4.79. The highest BCUT2D eigenvalue weighted by Crippen LogP contribution is 2.24. The molecule has 0 amide bonds. The second-order valence-corrected chi connectivity index (χ2v) is 7.84. The van der Waals surface area contributed by atoms with Gasteiger partial charge in [0, 0.05) is 22.3 Å². The van der Waals surface area contributed by atoms with Crippen LogP contribution in [0.5, 0.6) is 0 Å². The Morgan fingerprint density at radius 3 is 2.71 bits per heavy atom. The summed E-state index contributed by atoms with van der Waals surface area (Å²) in [6.45, 7) is 8.60. The number of hydrogen-bond donors (Lipinski definition) is 1. The van der Waals surface area contributed by atoms with Crippen molar-refractivity contribution in [1.82, 2.24) is 10.3 Å². The first-order valence-electron chi connectivity index (χ1n) is 7.41. The number of hydrogen-bond acceptors (Lipinski definition) is 3. The van der Waals surface area contributed by atoms with Crippen LogP contribution in [0.3, 0.4) is 0 Å².